The number of rotatable bonds is 4. The fraction of sp³-hybridized carbons (Fsp3) is 0.294. The van der Waals surface area contributed by atoms with Crippen LogP contribution in [-0.4, -0.2) is 34.4 Å². The van der Waals surface area contributed by atoms with Crippen LogP contribution in [0.5, 0.6) is 0 Å². The zero-order valence-corrected chi connectivity index (χ0v) is 12.8. The molecule has 1 aliphatic rings. The van der Waals surface area contributed by atoms with Gasteiger partial charge in [0.1, 0.15) is 0 Å². The molecular weight excluding hydrogens is 292 g/mol. The standard InChI is InChI=1S/C17H18N4O2/c1-11(22)19-10-14-8-15(17(23)21-14)16-3-2-13(9-20-16)12-4-6-18-7-5-12/h2-7,9,14-15H,8,10H2,1H3,(H,19,22)(H,21,23)/t14?,15-/m0/s1. The summed E-state index contributed by atoms with van der Waals surface area (Å²) >= 11 is 0. The molecule has 3 rings (SSSR count). The predicted molar refractivity (Wildman–Crippen MR) is 85.4 cm³/mol. The van der Waals surface area contributed by atoms with E-state index >= 15 is 0 Å². The highest BCUT2D eigenvalue weighted by Crippen LogP contribution is 2.27. The second-order valence-electron chi connectivity index (χ2n) is 5.64. The van der Waals surface area contributed by atoms with E-state index in [2.05, 4.69) is 20.6 Å². The van der Waals surface area contributed by atoms with Gasteiger partial charge in [0.05, 0.1) is 11.6 Å². The Labute approximate surface area is 134 Å². The average molecular weight is 310 g/mol. The van der Waals surface area contributed by atoms with Crippen LogP contribution in [0.1, 0.15) is 25.0 Å². The Kier molecular flexibility index (Phi) is 4.32. The Morgan fingerprint density at radius 2 is 2.04 bits per heavy atom. The number of aromatic nitrogens is 2. The van der Waals surface area contributed by atoms with Crippen molar-refractivity contribution in [3.63, 3.8) is 0 Å². The SMILES string of the molecule is CC(=O)NCC1C[C@@H](c2ccc(-c3ccncc3)cn2)C(=O)N1. The van der Waals surface area contributed by atoms with Crippen molar-refractivity contribution in [2.75, 3.05) is 6.54 Å². The van der Waals surface area contributed by atoms with E-state index in [1.54, 1.807) is 18.6 Å². The number of carbonyl (C=O) groups excluding carboxylic acids is 2. The van der Waals surface area contributed by atoms with Crippen LogP contribution < -0.4 is 10.6 Å². The summed E-state index contributed by atoms with van der Waals surface area (Å²) < 4.78 is 0. The Morgan fingerprint density at radius 1 is 1.26 bits per heavy atom. The summed E-state index contributed by atoms with van der Waals surface area (Å²) in [5.41, 5.74) is 2.79. The third-order valence-corrected chi connectivity index (χ3v) is 3.94. The zero-order chi connectivity index (χ0) is 16.2. The molecule has 2 atom stereocenters. The second-order valence-corrected chi connectivity index (χ2v) is 5.64. The van der Waals surface area contributed by atoms with Gasteiger partial charge in [-0.3, -0.25) is 19.6 Å². The van der Waals surface area contributed by atoms with E-state index in [4.69, 9.17) is 0 Å². The van der Waals surface area contributed by atoms with Crippen LogP contribution in [0.3, 0.4) is 0 Å². The number of nitrogens with one attached hydrogen (secondary N) is 2. The number of hydrogen-bond acceptors (Lipinski definition) is 4. The number of pyridine rings is 2. The van der Waals surface area contributed by atoms with Gasteiger partial charge in [-0.15, -0.1) is 0 Å². The van der Waals surface area contributed by atoms with Crippen LogP contribution in [0.15, 0.2) is 42.9 Å². The summed E-state index contributed by atoms with van der Waals surface area (Å²) in [4.78, 5) is 31.5. The molecule has 2 aromatic heterocycles. The first-order valence-corrected chi connectivity index (χ1v) is 7.54. The molecule has 2 aromatic rings. The van der Waals surface area contributed by atoms with Gasteiger partial charge in [-0.1, -0.05) is 6.07 Å². The van der Waals surface area contributed by atoms with Crippen LogP contribution in [-0.2, 0) is 9.59 Å². The first-order valence-electron chi connectivity index (χ1n) is 7.54. The van der Waals surface area contributed by atoms with Gasteiger partial charge in [-0.2, -0.15) is 0 Å². The molecule has 1 aliphatic heterocycles. The number of hydrogen-bond donors (Lipinski definition) is 2. The third kappa shape index (κ3) is 3.53. The van der Waals surface area contributed by atoms with E-state index in [1.807, 2.05) is 24.3 Å². The van der Waals surface area contributed by atoms with Crippen LogP contribution >= 0.6 is 0 Å². The van der Waals surface area contributed by atoms with Gasteiger partial charge in [-0.05, 0) is 30.2 Å². The van der Waals surface area contributed by atoms with Crippen molar-refractivity contribution in [3.8, 4) is 11.1 Å². The van der Waals surface area contributed by atoms with Gasteiger partial charge >= 0.3 is 0 Å². The van der Waals surface area contributed by atoms with Crippen molar-refractivity contribution < 1.29 is 9.59 Å². The quantitative estimate of drug-likeness (QED) is 0.890. The van der Waals surface area contributed by atoms with Crippen LogP contribution in [0.4, 0.5) is 0 Å². The van der Waals surface area contributed by atoms with E-state index in [0.29, 0.717) is 13.0 Å². The fourth-order valence-corrected chi connectivity index (χ4v) is 2.74. The normalized spacial score (nSPS) is 20.1. The number of nitrogens with zero attached hydrogens (tertiary/aromatic N) is 2. The summed E-state index contributed by atoms with van der Waals surface area (Å²) in [6.45, 7) is 1.92. The van der Waals surface area contributed by atoms with Crippen molar-refractivity contribution in [2.45, 2.75) is 25.3 Å². The lowest BCUT2D eigenvalue weighted by atomic mass is 9.99. The largest absolute Gasteiger partial charge is 0.354 e. The molecule has 2 N–H and O–H groups in total. The highest BCUT2D eigenvalue weighted by atomic mass is 16.2. The van der Waals surface area contributed by atoms with Gasteiger partial charge in [0.15, 0.2) is 0 Å². The van der Waals surface area contributed by atoms with Crippen molar-refractivity contribution in [3.05, 3.63) is 48.5 Å². The lowest BCUT2D eigenvalue weighted by Gasteiger charge is -2.10. The molecule has 0 bridgehead atoms. The van der Waals surface area contributed by atoms with E-state index in [9.17, 15) is 9.59 Å². The van der Waals surface area contributed by atoms with Crippen molar-refractivity contribution in [1.82, 2.24) is 20.6 Å². The minimum Gasteiger partial charge on any atom is -0.354 e. The average Bonchev–Trinajstić information content (AvgIpc) is 2.95. The van der Waals surface area contributed by atoms with Crippen LogP contribution in [0.25, 0.3) is 11.1 Å². The van der Waals surface area contributed by atoms with E-state index < -0.39 is 0 Å². The summed E-state index contributed by atoms with van der Waals surface area (Å²) in [5, 5.41) is 5.63. The molecule has 0 radical (unpaired) electrons. The Morgan fingerprint density at radius 3 is 2.70 bits per heavy atom. The topological polar surface area (TPSA) is 84.0 Å². The molecule has 2 amide bonds. The summed E-state index contributed by atoms with van der Waals surface area (Å²) in [6.07, 6.45) is 5.89. The highest BCUT2D eigenvalue weighted by Gasteiger charge is 2.33. The predicted octanol–water partition coefficient (Wildman–Crippen LogP) is 1.25. The maximum absolute atomic E-state index is 12.1. The van der Waals surface area contributed by atoms with Crippen molar-refractivity contribution in [2.24, 2.45) is 0 Å². The van der Waals surface area contributed by atoms with E-state index in [-0.39, 0.29) is 23.8 Å². The molecule has 6 nitrogen and oxygen atoms in total. The third-order valence-electron chi connectivity index (χ3n) is 3.94. The molecular formula is C17H18N4O2. The maximum Gasteiger partial charge on any atom is 0.229 e. The minimum absolute atomic E-state index is 0.0375. The van der Waals surface area contributed by atoms with E-state index in [1.165, 1.54) is 6.92 Å². The monoisotopic (exact) mass is 310 g/mol. The van der Waals surface area contributed by atoms with Gasteiger partial charge in [0.25, 0.3) is 0 Å². The molecule has 0 saturated carbocycles. The zero-order valence-electron chi connectivity index (χ0n) is 12.8. The molecule has 0 spiro atoms. The lowest BCUT2D eigenvalue weighted by Crippen LogP contribution is -2.37. The fourth-order valence-electron chi connectivity index (χ4n) is 2.74. The maximum atomic E-state index is 12.1. The van der Waals surface area contributed by atoms with Gasteiger partial charge in [0.2, 0.25) is 11.8 Å². The Hall–Kier alpha value is -2.76. The Balaban J connectivity index is 1.70. The molecule has 1 saturated heterocycles. The summed E-state index contributed by atoms with van der Waals surface area (Å²) in [5.74, 6) is -0.396. The first kappa shape index (κ1) is 15.1. The van der Waals surface area contributed by atoms with Gasteiger partial charge in [0, 0.05) is 43.7 Å². The summed E-state index contributed by atoms with van der Waals surface area (Å²) in [6, 6.07) is 7.65. The lowest BCUT2D eigenvalue weighted by molar-refractivity contribution is -0.121. The molecule has 1 fully saturated rings. The molecule has 1 unspecified atom stereocenters. The molecule has 0 aromatic carbocycles. The van der Waals surface area contributed by atoms with Crippen LogP contribution in [0.2, 0.25) is 0 Å². The van der Waals surface area contributed by atoms with Gasteiger partial charge in [-0.25, -0.2) is 0 Å². The van der Waals surface area contributed by atoms with Gasteiger partial charge < -0.3 is 10.6 Å². The first-order chi connectivity index (χ1) is 11.1. The second kappa shape index (κ2) is 6.56. The number of amides is 2. The molecule has 23 heavy (non-hydrogen) atoms. The van der Waals surface area contributed by atoms with Crippen molar-refractivity contribution in [1.29, 1.82) is 0 Å². The number of carbonyl (C=O) groups is 2. The molecule has 0 aliphatic carbocycles. The Bertz CT molecular complexity index is 700. The molecule has 6 heteroatoms. The highest BCUT2D eigenvalue weighted by molar-refractivity contribution is 5.86. The minimum atomic E-state index is -0.264. The summed E-state index contributed by atoms with van der Waals surface area (Å²) in [7, 11) is 0. The van der Waals surface area contributed by atoms with E-state index in [0.717, 1.165) is 16.8 Å². The molecule has 118 valence electrons. The smallest absolute Gasteiger partial charge is 0.229 e. The van der Waals surface area contributed by atoms with Crippen LogP contribution in [0, 0.1) is 0 Å². The van der Waals surface area contributed by atoms with Crippen molar-refractivity contribution >= 4 is 11.8 Å². The molecule has 3 heterocycles.